The summed E-state index contributed by atoms with van der Waals surface area (Å²) in [4.78, 5) is 20.5. The van der Waals surface area contributed by atoms with Gasteiger partial charge < -0.3 is 24.7 Å². The Morgan fingerprint density at radius 2 is 1.97 bits per heavy atom. The highest BCUT2D eigenvalue weighted by atomic mass is 32.1. The summed E-state index contributed by atoms with van der Waals surface area (Å²) in [6.45, 7) is 10.3. The van der Waals surface area contributed by atoms with E-state index in [1.54, 1.807) is 0 Å². The maximum Gasteiger partial charge on any atom is 0.253 e. The molecule has 7 nitrogen and oxygen atoms in total. The molecule has 0 aliphatic carbocycles. The van der Waals surface area contributed by atoms with Crippen molar-refractivity contribution in [1.82, 2.24) is 20.1 Å². The number of hydrogen-bond acceptors (Lipinski definition) is 5. The molecule has 1 aliphatic rings. The van der Waals surface area contributed by atoms with E-state index in [0.717, 1.165) is 62.5 Å². The second-order valence-electron chi connectivity index (χ2n) is 9.12. The number of aromatic nitrogens is 1. The molecule has 1 fully saturated rings. The Morgan fingerprint density at radius 3 is 2.72 bits per heavy atom. The molecule has 3 aromatic rings. The zero-order valence-corrected chi connectivity index (χ0v) is 22.0. The van der Waals surface area contributed by atoms with Crippen LogP contribution in [0.4, 0.5) is 0 Å². The first kappa shape index (κ1) is 26.1. The molecule has 1 atom stereocenters. The van der Waals surface area contributed by atoms with Crippen LogP contribution < -0.4 is 15.6 Å². The van der Waals surface area contributed by atoms with Crippen LogP contribution in [-0.4, -0.2) is 65.9 Å². The molecular weight excluding hydrogens is 472 g/mol. The first-order chi connectivity index (χ1) is 17.5. The third-order valence-electron chi connectivity index (χ3n) is 6.50. The summed E-state index contributed by atoms with van der Waals surface area (Å²) >= 11 is 5.86. The standard InChI is InChI=1S/C28H36N4O3S/c1-3-35-25-10-11-26-23(19-25)18-24(27(33)30-26)20-32(13-7-12-31-14-16-34-17-15-31)28(36)29-21(2)22-8-5-4-6-9-22/h4-6,8-11,18-19,21H,3,7,12-17,20H2,1-2H3,(H,29,36)(H,30,33)/t21-/m0/s1. The minimum Gasteiger partial charge on any atom is -0.494 e. The van der Waals surface area contributed by atoms with Crippen molar-refractivity contribution in [3.8, 4) is 5.75 Å². The number of pyridine rings is 1. The number of nitrogens with one attached hydrogen (secondary N) is 2. The van der Waals surface area contributed by atoms with Crippen LogP contribution in [0.15, 0.2) is 59.4 Å². The van der Waals surface area contributed by atoms with E-state index in [0.29, 0.717) is 23.8 Å². The summed E-state index contributed by atoms with van der Waals surface area (Å²) in [5, 5.41) is 5.07. The molecule has 0 unspecified atom stereocenters. The molecular formula is C28H36N4O3S. The Bertz CT molecular complexity index is 1190. The minimum atomic E-state index is -0.0938. The smallest absolute Gasteiger partial charge is 0.253 e. The topological polar surface area (TPSA) is 69.8 Å². The fraction of sp³-hybridized carbons (Fsp3) is 0.429. The van der Waals surface area contributed by atoms with Crippen LogP contribution in [0.25, 0.3) is 10.9 Å². The lowest BCUT2D eigenvalue weighted by molar-refractivity contribution is 0.0367. The van der Waals surface area contributed by atoms with Crippen molar-refractivity contribution < 1.29 is 9.47 Å². The number of morpholine rings is 1. The fourth-order valence-electron chi connectivity index (χ4n) is 4.47. The molecule has 2 heterocycles. The summed E-state index contributed by atoms with van der Waals surface area (Å²) < 4.78 is 11.1. The Kier molecular flexibility index (Phi) is 9.33. The van der Waals surface area contributed by atoms with Crippen LogP contribution in [0.5, 0.6) is 5.75 Å². The van der Waals surface area contributed by atoms with Crippen LogP contribution in [0, 0.1) is 0 Å². The predicted octanol–water partition coefficient (Wildman–Crippen LogP) is 4.09. The third-order valence-corrected chi connectivity index (χ3v) is 6.87. The normalized spacial score (nSPS) is 14.9. The molecule has 0 radical (unpaired) electrons. The lowest BCUT2D eigenvalue weighted by Crippen LogP contribution is -2.43. The quantitative estimate of drug-likeness (QED) is 0.400. The molecule has 0 saturated carbocycles. The molecule has 1 aliphatic heterocycles. The van der Waals surface area contributed by atoms with Gasteiger partial charge in [-0.25, -0.2) is 0 Å². The van der Waals surface area contributed by atoms with E-state index in [9.17, 15) is 4.79 Å². The third kappa shape index (κ3) is 7.06. The van der Waals surface area contributed by atoms with Crippen LogP contribution in [-0.2, 0) is 11.3 Å². The number of ether oxygens (including phenoxy) is 2. The monoisotopic (exact) mass is 508 g/mol. The fourth-order valence-corrected chi connectivity index (χ4v) is 4.81. The molecule has 0 amide bonds. The van der Waals surface area contributed by atoms with Gasteiger partial charge in [-0.2, -0.15) is 0 Å². The van der Waals surface area contributed by atoms with Gasteiger partial charge in [0.15, 0.2) is 5.11 Å². The average molecular weight is 509 g/mol. The minimum absolute atomic E-state index is 0.0593. The Balaban J connectivity index is 1.51. The number of benzene rings is 2. The molecule has 8 heteroatoms. The molecule has 192 valence electrons. The summed E-state index contributed by atoms with van der Waals surface area (Å²) in [7, 11) is 0. The van der Waals surface area contributed by atoms with Crippen molar-refractivity contribution in [3.63, 3.8) is 0 Å². The maximum atomic E-state index is 13.0. The van der Waals surface area contributed by atoms with Crippen molar-refractivity contribution in [1.29, 1.82) is 0 Å². The van der Waals surface area contributed by atoms with Gasteiger partial charge in [0.05, 0.1) is 32.4 Å². The summed E-state index contributed by atoms with van der Waals surface area (Å²) in [6, 6.07) is 18.0. The van der Waals surface area contributed by atoms with E-state index < -0.39 is 0 Å². The van der Waals surface area contributed by atoms with Gasteiger partial charge in [-0.05, 0) is 62.3 Å². The Hall–Kier alpha value is -2.94. The van der Waals surface area contributed by atoms with E-state index in [1.165, 1.54) is 5.56 Å². The average Bonchev–Trinajstić information content (AvgIpc) is 2.90. The number of rotatable bonds is 10. The highest BCUT2D eigenvalue weighted by molar-refractivity contribution is 7.80. The number of fused-ring (bicyclic) bond motifs is 1. The molecule has 36 heavy (non-hydrogen) atoms. The second-order valence-corrected chi connectivity index (χ2v) is 9.50. The molecule has 1 aromatic heterocycles. The summed E-state index contributed by atoms with van der Waals surface area (Å²) in [5.41, 5.74) is 2.55. The molecule has 1 saturated heterocycles. The van der Waals surface area contributed by atoms with Crippen LogP contribution in [0.2, 0.25) is 0 Å². The zero-order valence-electron chi connectivity index (χ0n) is 21.2. The van der Waals surface area contributed by atoms with Crippen molar-refractivity contribution in [3.05, 3.63) is 76.1 Å². The SMILES string of the molecule is CCOc1ccc2[nH]c(=O)c(CN(CCCN3CCOCC3)C(=S)N[C@@H](C)c3ccccc3)cc2c1. The van der Waals surface area contributed by atoms with Gasteiger partial charge >= 0.3 is 0 Å². The van der Waals surface area contributed by atoms with Gasteiger partial charge in [0.1, 0.15) is 5.75 Å². The highest BCUT2D eigenvalue weighted by Gasteiger charge is 2.17. The Morgan fingerprint density at radius 1 is 1.19 bits per heavy atom. The number of aromatic amines is 1. The van der Waals surface area contributed by atoms with Crippen molar-refractivity contribution in [2.24, 2.45) is 0 Å². The van der Waals surface area contributed by atoms with Crippen LogP contribution in [0.3, 0.4) is 0 Å². The van der Waals surface area contributed by atoms with Crippen molar-refractivity contribution in [2.75, 3.05) is 46.0 Å². The first-order valence-corrected chi connectivity index (χ1v) is 13.1. The van der Waals surface area contributed by atoms with Gasteiger partial charge in [0, 0.05) is 42.6 Å². The van der Waals surface area contributed by atoms with Crippen molar-refractivity contribution in [2.45, 2.75) is 32.9 Å². The lowest BCUT2D eigenvalue weighted by atomic mass is 10.1. The second kappa shape index (κ2) is 12.9. The van der Waals surface area contributed by atoms with E-state index in [2.05, 4.69) is 39.2 Å². The van der Waals surface area contributed by atoms with Gasteiger partial charge in [0.2, 0.25) is 0 Å². The molecule has 0 bridgehead atoms. The number of thiocarbonyl (C=S) groups is 1. The Labute approximate surface area is 218 Å². The van der Waals surface area contributed by atoms with Crippen LogP contribution >= 0.6 is 12.2 Å². The first-order valence-electron chi connectivity index (χ1n) is 12.7. The molecule has 4 rings (SSSR count). The van der Waals surface area contributed by atoms with E-state index in [1.807, 2.05) is 49.4 Å². The van der Waals surface area contributed by atoms with Crippen LogP contribution in [0.1, 0.15) is 37.4 Å². The molecule has 2 N–H and O–H groups in total. The van der Waals surface area contributed by atoms with Crippen molar-refractivity contribution >= 4 is 28.2 Å². The summed E-state index contributed by atoms with van der Waals surface area (Å²) in [5.74, 6) is 0.791. The van der Waals surface area contributed by atoms with Gasteiger partial charge in [-0.15, -0.1) is 0 Å². The highest BCUT2D eigenvalue weighted by Crippen LogP contribution is 2.20. The largest absolute Gasteiger partial charge is 0.494 e. The van der Waals surface area contributed by atoms with E-state index in [-0.39, 0.29) is 11.6 Å². The van der Waals surface area contributed by atoms with Gasteiger partial charge in [0.25, 0.3) is 5.56 Å². The zero-order chi connectivity index (χ0) is 25.3. The molecule has 0 spiro atoms. The van der Waals surface area contributed by atoms with E-state index >= 15 is 0 Å². The lowest BCUT2D eigenvalue weighted by Gasteiger charge is -2.30. The number of hydrogen-bond donors (Lipinski definition) is 2. The summed E-state index contributed by atoms with van der Waals surface area (Å²) in [6.07, 6.45) is 0.946. The van der Waals surface area contributed by atoms with E-state index in [4.69, 9.17) is 21.7 Å². The predicted molar refractivity (Wildman–Crippen MR) is 149 cm³/mol. The number of H-pyrrole nitrogens is 1. The molecule has 2 aromatic carbocycles. The number of nitrogens with zero attached hydrogens (tertiary/aromatic N) is 2. The maximum absolute atomic E-state index is 13.0. The van der Waals surface area contributed by atoms with Gasteiger partial charge in [-0.1, -0.05) is 30.3 Å². The van der Waals surface area contributed by atoms with Gasteiger partial charge in [-0.3, -0.25) is 9.69 Å².